The number of amides is 1. The Morgan fingerprint density at radius 1 is 1.06 bits per heavy atom. The highest BCUT2D eigenvalue weighted by molar-refractivity contribution is 5.94. The van der Waals surface area contributed by atoms with Gasteiger partial charge in [-0.05, 0) is 56.0 Å². The summed E-state index contributed by atoms with van der Waals surface area (Å²) in [6.07, 6.45) is 7.92. The average molecular weight is 477 g/mol. The number of anilines is 5. The molecule has 6 N–H and O–H groups in total. The predicted octanol–water partition coefficient (Wildman–Crippen LogP) is 3.19. The summed E-state index contributed by atoms with van der Waals surface area (Å²) in [5, 5.41) is 13.1. The number of hydrogen-bond acceptors (Lipinski definition) is 9. The van der Waals surface area contributed by atoms with Gasteiger partial charge >= 0.3 is 0 Å². The third-order valence-electron chi connectivity index (χ3n) is 5.95. The smallest absolute Gasteiger partial charge is 0.224 e. The molecule has 2 aromatic heterocycles. The number of ether oxygens (including phenoxy) is 1. The van der Waals surface area contributed by atoms with Crippen molar-refractivity contribution >= 4 is 34.7 Å². The van der Waals surface area contributed by atoms with Crippen molar-refractivity contribution in [2.45, 2.75) is 25.7 Å². The van der Waals surface area contributed by atoms with Crippen LogP contribution in [0.3, 0.4) is 0 Å². The van der Waals surface area contributed by atoms with E-state index < -0.39 is 0 Å². The summed E-state index contributed by atoms with van der Waals surface area (Å²) in [5.74, 6) is 2.77. The van der Waals surface area contributed by atoms with E-state index in [9.17, 15) is 4.79 Å². The van der Waals surface area contributed by atoms with Crippen LogP contribution < -0.4 is 31.7 Å². The van der Waals surface area contributed by atoms with Gasteiger partial charge in [-0.15, -0.1) is 0 Å². The average Bonchev–Trinajstić information content (AvgIpc) is 2.89. The highest BCUT2D eigenvalue weighted by Crippen LogP contribution is 2.27. The third-order valence-corrected chi connectivity index (χ3v) is 5.95. The Kier molecular flexibility index (Phi) is 8.29. The largest absolute Gasteiger partial charge is 0.497 e. The molecule has 3 aromatic rings. The number of pyridine rings is 1. The highest BCUT2D eigenvalue weighted by atomic mass is 16.5. The lowest BCUT2D eigenvalue weighted by atomic mass is 9.98. The molecular formula is C25H32N8O2. The number of nitrogens with zero attached hydrogens (tertiary/aromatic N) is 3. The van der Waals surface area contributed by atoms with Crippen LogP contribution in [-0.2, 0) is 11.2 Å². The van der Waals surface area contributed by atoms with E-state index in [1.54, 1.807) is 19.5 Å². The number of methoxy groups -OCH3 is 1. The zero-order valence-electron chi connectivity index (χ0n) is 19.9. The number of hydrogen-bond donors (Lipinski definition) is 5. The van der Waals surface area contributed by atoms with Crippen molar-refractivity contribution in [1.82, 2.24) is 20.3 Å². The van der Waals surface area contributed by atoms with E-state index in [1.165, 1.54) is 6.20 Å². The van der Waals surface area contributed by atoms with Gasteiger partial charge in [0.15, 0.2) is 0 Å². The Morgan fingerprint density at radius 3 is 2.54 bits per heavy atom. The molecule has 1 aliphatic rings. The molecule has 0 aliphatic carbocycles. The number of rotatable bonds is 10. The fourth-order valence-electron chi connectivity index (χ4n) is 3.91. The van der Waals surface area contributed by atoms with Crippen LogP contribution in [0.2, 0.25) is 0 Å². The second-order valence-corrected chi connectivity index (χ2v) is 8.54. The Morgan fingerprint density at radius 2 is 1.83 bits per heavy atom. The molecule has 0 bridgehead atoms. The number of benzene rings is 1. The lowest BCUT2D eigenvalue weighted by Gasteiger charge is -2.24. The van der Waals surface area contributed by atoms with Crippen LogP contribution in [-0.4, -0.2) is 47.6 Å². The maximum absolute atomic E-state index is 12.7. The van der Waals surface area contributed by atoms with Gasteiger partial charge in [0.05, 0.1) is 37.1 Å². The molecule has 0 atom stereocenters. The first-order valence-corrected chi connectivity index (χ1v) is 11.8. The molecule has 10 heteroatoms. The summed E-state index contributed by atoms with van der Waals surface area (Å²) in [5.41, 5.74) is 8.15. The molecule has 0 spiro atoms. The molecule has 10 nitrogen and oxygen atoms in total. The molecule has 4 rings (SSSR count). The normalized spacial score (nSPS) is 13.7. The van der Waals surface area contributed by atoms with Crippen molar-refractivity contribution in [2.24, 2.45) is 5.92 Å². The predicted molar refractivity (Wildman–Crippen MR) is 138 cm³/mol. The van der Waals surface area contributed by atoms with Crippen LogP contribution in [0.25, 0.3) is 0 Å². The van der Waals surface area contributed by atoms with E-state index >= 15 is 0 Å². The Bertz CT molecular complexity index is 1100. The lowest BCUT2D eigenvalue weighted by molar-refractivity contribution is -0.116. The molecule has 0 radical (unpaired) electrons. The molecule has 0 saturated carbocycles. The maximum Gasteiger partial charge on any atom is 0.224 e. The molecule has 1 aromatic carbocycles. The Hall–Kier alpha value is -3.92. The molecule has 35 heavy (non-hydrogen) atoms. The van der Waals surface area contributed by atoms with Crippen LogP contribution in [0, 0.1) is 5.92 Å². The first-order chi connectivity index (χ1) is 17.1. The highest BCUT2D eigenvalue weighted by Gasteiger charge is 2.15. The van der Waals surface area contributed by atoms with Gasteiger partial charge in [-0.1, -0.05) is 12.1 Å². The molecule has 184 valence electrons. The van der Waals surface area contributed by atoms with Crippen molar-refractivity contribution in [1.29, 1.82) is 0 Å². The number of nitrogens with one attached hydrogen (secondary N) is 4. The minimum atomic E-state index is -0.0716. The number of nitrogens with two attached hydrogens (primary N) is 1. The third kappa shape index (κ3) is 7.28. The summed E-state index contributed by atoms with van der Waals surface area (Å²) < 4.78 is 5.19. The maximum atomic E-state index is 12.7. The summed E-state index contributed by atoms with van der Waals surface area (Å²) in [6, 6.07) is 9.62. The first-order valence-electron chi connectivity index (χ1n) is 11.8. The van der Waals surface area contributed by atoms with Crippen molar-refractivity contribution in [3.63, 3.8) is 0 Å². The van der Waals surface area contributed by atoms with E-state index in [4.69, 9.17) is 10.5 Å². The second-order valence-electron chi connectivity index (χ2n) is 8.54. The summed E-state index contributed by atoms with van der Waals surface area (Å²) in [6.45, 7) is 2.88. The van der Waals surface area contributed by atoms with Crippen molar-refractivity contribution in [2.75, 3.05) is 48.4 Å². The Balaban J connectivity index is 1.42. The van der Waals surface area contributed by atoms with E-state index in [-0.39, 0.29) is 5.91 Å². The number of nitrogen functional groups attached to an aromatic ring is 1. The summed E-state index contributed by atoms with van der Waals surface area (Å²) in [4.78, 5) is 25.4. The molecular weight excluding hydrogens is 444 g/mol. The number of carbonyl (C=O) groups is 1. The van der Waals surface area contributed by atoms with Gasteiger partial charge in [0.2, 0.25) is 5.91 Å². The van der Waals surface area contributed by atoms with Gasteiger partial charge in [-0.3, -0.25) is 4.79 Å². The fraction of sp³-hybridized carbons (Fsp3) is 0.360. The van der Waals surface area contributed by atoms with E-state index in [0.29, 0.717) is 41.9 Å². The van der Waals surface area contributed by atoms with E-state index in [1.807, 2.05) is 30.3 Å². The van der Waals surface area contributed by atoms with Gasteiger partial charge in [-0.25, -0.2) is 15.0 Å². The molecule has 1 fully saturated rings. The topological polar surface area (TPSA) is 139 Å². The number of carbonyl (C=O) groups excluding carboxylic acids is 1. The molecule has 0 unspecified atom stereocenters. The van der Waals surface area contributed by atoms with Gasteiger partial charge in [-0.2, -0.15) is 0 Å². The molecule has 3 heterocycles. The molecule has 1 aliphatic heterocycles. The first kappa shape index (κ1) is 24.2. The van der Waals surface area contributed by atoms with Gasteiger partial charge in [0.1, 0.15) is 23.2 Å². The standard InChI is InChI=1S/C25H32N8O2/c1-35-19-5-2-17(3-6-19)4-7-25(34)32-21-14-30-23(33-24-16-29-22(26)15-31-24)12-20(21)28-13-18-8-10-27-11-9-18/h2-3,5-6,12,14-16,18,27H,4,7-11,13H2,1H3,(H2,26,29)(H,32,34)(H2,28,30,31,33). The van der Waals surface area contributed by atoms with Gasteiger partial charge in [0.25, 0.3) is 0 Å². The molecule has 1 amide bonds. The van der Waals surface area contributed by atoms with E-state index in [2.05, 4.69) is 36.2 Å². The monoisotopic (exact) mass is 476 g/mol. The van der Waals surface area contributed by atoms with Crippen molar-refractivity contribution in [3.05, 3.63) is 54.5 Å². The quantitative estimate of drug-likeness (QED) is 0.298. The van der Waals surface area contributed by atoms with Gasteiger partial charge < -0.3 is 31.7 Å². The zero-order chi connectivity index (χ0) is 24.5. The Labute approximate surface area is 205 Å². The van der Waals surface area contributed by atoms with Crippen LogP contribution in [0.5, 0.6) is 5.75 Å². The summed E-state index contributed by atoms with van der Waals surface area (Å²) in [7, 11) is 1.64. The summed E-state index contributed by atoms with van der Waals surface area (Å²) >= 11 is 0. The van der Waals surface area contributed by atoms with Gasteiger partial charge in [0, 0.05) is 19.0 Å². The zero-order valence-corrected chi connectivity index (χ0v) is 19.9. The SMILES string of the molecule is COc1ccc(CCC(=O)Nc2cnc(Nc3cnc(N)cn3)cc2NCC2CCNCC2)cc1. The van der Waals surface area contributed by atoms with Crippen LogP contribution in [0.15, 0.2) is 48.9 Å². The van der Waals surface area contributed by atoms with E-state index in [0.717, 1.165) is 49.5 Å². The minimum Gasteiger partial charge on any atom is -0.497 e. The van der Waals surface area contributed by atoms with Crippen LogP contribution in [0.4, 0.5) is 28.8 Å². The number of aryl methyl sites for hydroxylation is 1. The number of aromatic nitrogens is 3. The fourth-order valence-corrected chi connectivity index (χ4v) is 3.91. The second kappa shape index (κ2) is 12.0. The van der Waals surface area contributed by atoms with Crippen LogP contribution in [0.1, 0.15) is 24.8 Å². The van der Waals surface area contributed by atoms with Crippen molar-refractivity contribution < 1.29 is 9.53 Å². The van der Waals surface area contributed by atoms with Crippen molar-refractivity contribution in [3.8, 4) is 5.75 Å². The number of piperidine rings is 1. The molecule has 1 saturated heterocycles. The lowest BCUT2D eigenvalue weighted by Crippen LogP contribution is -2.31. The minimum absolute atomic E-state index is 0.0716. The van der Waals surface area contributed by atoms with Crippen LogP contribution >= 0.6 is 0 Å².